The van der Waals surface area contributed by atoms with Crippen LogP contribution in [0.25, 0.3) is 69.2 Å². The van der Waals surface area contributed by atoms with Crippen LogP contribution in [0.2, 0.25) is 0 Å². The fourth-order valence-electron chi connectivity index (χ4n) is 9.59. The summed E-state index contributed by atoms with van der Waals surface area (Å²) in [7, 11) is 0. The summed E-state index contributed by atoms with van der Waals surface area (Å²) in [4.78, 5) is 4.85. The largest absolute Gasteiger partial charge is 0.310 e. The van der Waals surface area contributed by atoms with E-state index in [1.54, 1.807) is 0 Å². The molecule has 0 radical (unpaired) electrons. The lowest BCUT2D eigenvalue weighted by Gasteiger charge is -2.27. The Balaban J connectivity index is 1.26. The number of aromatic nitrogens is 1. The molecule has 2 aromatic heterocycles. The molecule has 12 aromatic rings. The molecule has 0 amide bonds. The first-order valence-corrected chi connectivity index (χ1v) is 22.1. The van der Waals surface area contributed by atoms with Gasteiger partial charge in [-0.1, -0.05) is 139 Å². The lowest BCUT2D eigenvalue weighted by molar-refractivity contribution is 1.18. The van der Waals surface area contributed by atoms with E-state index < -0.39 is 0 Å². The first kappa shape index (κ1) is 36.2. The second kappa shape index (κ2) is 14.5. The molecule has 0 N–H and O–H groups in total. The van der Waals surface area contributed by atoms with Crippen molar-refractivity contribution in [3.8, 4) is 5.69 Å². The van der Waals surface area contributed by atoms with Gasteiger partial charge in [0.05, 0.1) is 22.4 Å². The van der Waals surface area contributed by atoms with Gasteiger partial charge in [-0.3, -0.25) is 0 Å². The van der Waals surface area contributed by atoms with E-state index in [-0.39, 0.29) is 0 Å². The number of rotatable bonds is 7. The van der Waals surface area contributed by atoms with E-state index >= 15 is 0 Å². The van der Waals surface area contributed by atoms with Crippen LogP contribution in [0.5, 0.6) is 0 Å². The number of anilines is 6. The Morgan fingerprint density at radius 3 is 1.24 bits per heavy atom. The van der Waals surface area contributed by atoms with Gasteiger partial charge >= 0.3 is 0 Å². The predicted molar refractivity (Wildman–Crippen MR) is 268 cm³/mol. The lowest BCUT2D eigenvalue weighted by atomic mass is 9.96. The summed E-state index contributed by atoms with van der Waals surface area (Å²) in [5.74, 6) is 0. The lowest BCUT2D eigenvalue weighted by Crippen LogP contribution is -2.11. The standard InChI is InChI=1S/C58H41N3S/c1-38-25-29-42(30-26-38)59(40-15-5-3-6-16-40)51-36-53-57(48-22-11-9-19-45(48)51)58-49-23-12-10-20-46(49)52(60(41-17-7-4-8-18-41)43-31-27-39(2)28-32-43)37-54(58)61(53)44-33-34-56-50(35-44)47-21-13-14-24-55(47)62-56/h3-37H,1-2H3. The van der Waals surface area contributed by atoms with Crippen LogP contribution >= 0.6 is 11.3 Å². The average Bonchev–Trinajstić information content (AvgIpc) is 3.86. The monoisotopic (exact) mass is 811 g/mol. The maximum Gasteiger partial charge on any atom is 0.0568 e. The smallest absolute Gasteiger partial charge is 0.0568 e. The van der Waals surface area contributed by atoms with Crippen molar-refractivity contribution in [2.45, 2.75) is 13.8 Å². The summed E-state index contributed by atoms with van der Waals surface area (Å²) in [6.45, 7) is 4.31. The number of fused-ring (bicyclic) bond motifs is 10. The quantitative estimate of drug-likeness (QED) is 0.159. The van der Waals surface area contributed by atoms with Crippen molar-refractivity contribution in [2.24, 2.45) is 0 Å². The summed E-state index contributed by atoms with van der Waals surface area (Å²) >= 11 is 1.86. The molecule has 0 bridgehead atoms. The van der Waals surface area contributed by atoms with Crippen molar-refractivity contribution in [3.63, 3.8) is 0 Å². The molecule has 294 valence electrons. The third-order valence-electron chi connectivity index (χ3n) is 12.4. The van der Waals surface area contributed by atoms with Crippen molar-refractivity contribution in [3.05, 3.63) is 223 Å². The molecule has 0 fully saturated rings. The molecule has 0 spiro atoms. The number of nitrogens with zero attached hydrogens (tertiary/aromatic N) is 3. The fourth-order valence-corrected chi connectivity index (χ4v) is 10.7. The molecule has 0 atom stereocenters. The summed E-state index contributed by atoms with van der Waals surface area (Å²) in [6.07, 6.45) is 0. The summed E-state index contributed by atoms with van der Waals surface area (Å²) in [6, 6.07) is 78.2. The Kier molecular flexibility index (Phi) is 8.48. The van der Waals surface area contributed by atoms with Crippen molar-refractivity contribution in [1.29, 1.82) is 0 Å². The van der Waals surface area contributed by atoms with Crippen LogP contribution in [0, 0.1) is 13.8 Å². The number of para-hydroxylation sites is 2. The van der Waals surface area contributed by atoms with Gasteiger partial charge in [-0.15, -0.1) is 11.3 Å². The molecule has 0 aliphatic carbocycles. The van der Waals surface area contributed by atoms with Crippen molar-refractivity contribution < 1.29 is 0 Å². The van der Waals surface area contributed by atoms with Crippen LogP contribution in [0.3, 0.4) is 0 Å². The van der Waals surface area contributed by atoms with E-state index in [1.807, 2.05) is 11.3 Å². The minimum absolute atomic E-state index is 1.11. The van der Waals surface area contributed by atoms with E-state index in [0.717, 1.165) is 50.8 Å². The molecule has 0 aliphatic heterocycles. The minimum Gasteiger partial charge on any atom is -0.310 e. The zero-order chi connectivity index (χ0) is 41.3. The number of aryl methyl sites for hydroxylation is 2. The van der Waals surface area contributed by atoms with E-state index in [4.69, 9.17) is 0 Å². The second-order valence-corrected chi connectivity index (χ2v) is 17.4. The van der Waals surface area contributed by atoms with Crippen LogP contribution in [-0.2, 0) is 0 Å². The third-order valence-corrected chi connectivity index (χ3v) is 13.6. The SMILES string of the molecule is Cc1ccc(N(c2ccccc2)c2cc3c(c4ccccc24)c2c4ccccc4c(N(c4ccccc4)c4ccc(C)cc4)cc2n3-c2ccc3sc4ccccc4c3c2)cc1. The molecule has 4 heteroatoms. The van der Waals surface area contributed by atoms with Crippen molar-refractivity contribution >= 4 is 109 Å². The number of hydrogen-bond acceptors (Lipinski definition) is 3. The van der Waals surface area contributed by atoms with Crippen LogP contribution < -0.4 is 9.80 Å². The van der Waals surface area contributed by atoms with E-state index in [0.29, 0.717) is 0 Å². The van der Waals surface area contributed by atoms with Crippen molar-refractivity contribution in [1.82, 2.24) is 4.57 Å². The molecule has 62 heavy (non-hydrogen) atoms. The molecule has 10 aromatic carbocycles. The molecule has 0 saturated heterocycles. The molecule has 2 heterocycles. The maximum absolute atomic E-state index is 2.54. The Hall–Kier alpha value is -7.66. The van der Waals surface area contributed by atoms with E-state index in [9.17, 15) is 0 Å². The molecule has 12 rings (SSSR count). The Labute approximate surface area is 364 Å². The number of hydrogen-bond donors (Lipinski definition) is 0. The maximum atomic E-state index is 2.54. The third kappa shape index (κ3) is 5.79. The zero-order valence-electron chi connectivity index (χ0n) is 34.5. The van der Waals surface area contributed by atoms with Gasteiger partial charge in [0.1, 0.15) is 0 Å². The van der Waals surface area contributed by atoms with Crippen LogP contribution in [0.4, 0.5) is 34.1 Å². The van der Waals surface area contributed by atoms with Crippen LogP contribution in [0.15, 0.2) is 212 Å². The van der Waals surface area contributed by atoms with Gasteiger partial charge in [0.25, 0.3) is 0 Å². The van der Waals surface area contributed by atoms with E-state index in [2.05, 4.69) is 241 Å². The van der Waals surface area contributed by atoms with Gasteiger partial charge in [0, 0.05) is 70.2 Å². The highest BCUT2D eigenvalue weighted by Gasteiger charge is 2.26. The summed E-state index contributed by atoms with van der Waals surface area (Å²) in [5, 5.41) is 9.88. The average molecular weight is 812 g/mol. The Bertz CT molecular complexity index is 3460. The Morgan fingerprint density at radius 1 is 0.339 bits per heavy atom. The topological polar surface area (TPSA) is 11.4 Å². The van der Waals surface area contributed by atoms with Gasteiger partial charge in [0.15, 0.2) is 0 Å². The molecule has 0 unspecified atom stereocenters. The summed E-state index contributed by atoms with van der Waals surface area (Å²) < 4.78 is 5.13. The molecule has 0 saturated carbocycles. The van der Waals surface area contributed by atoms with Gasteiger partial charge in [0.2, 0.25) is 0 Å². The minimum atomic E-state index is 1.11. The Morgan fingerprint density at radius 2 is 0.742 bits per heavy atom. The van der Waals surface area contributed by atoms with Crippen LogP contribution in [-0.4, -0.2) is 4.57 Å². The normalized spacial score (nSPS) is 11.7. The van der Waals surface area contributed by atoms with Gasteiger partial charge < -0.3 is 14.4 Å². The van der Waals surface area contributed by atoms with Gasteiger partial charge in [-0.2, -0.15) is 0 Å². The molecule has 3 nitrogen and oxygen atoms in total. The van der Waals surface area contributed by atoms with Crippen LogP contribution in [0.1, 0.15) is 11.1 Å². The van der Waals surface area contributed by atoms with E-state index in [1.165, 1.54) is 63.6 Å². The highest BCUT2D eigenvalue weighted by Crippen LogP contribution is 2.50. The molecule has 0 aliphatic rings. The molecular weight excluding hydrogens is 771 g/mol. The number of thiophene rings is 1. The predicted octanol–water partition coefficient (Wildman–Crippen LogP) is 17.0. The molecular formula is C58H41N3S. The zero-order valence-corrected chi connectivity index (χ0v) is 35.3. The summed E-state index contributed by atoms with van der Waals surface area (Å²) in [5.41, 5.74) is 12.6. The fraction of sp³-hybridized carbons (Fsp3) is 0.0345. The second-order valence-electron chi connectivity index (χ2n) is 16.3. The van der Waals surface area contributed by atoms with Gasteiger partial charge in [-0.05, 0) is 110 Å². The highest BCUT2D eigenvalue weighted by atomic mass is 32.1. The first-order valence-electron chi connectivity index (χ1n) is 21.3. The van der Waals surface area contributed by atoms with Crippen molar-refractivity contribution in [2.75, 3.05) is 9.80 Å². The van der Waals surface area contributed by atoms with Gasteiger partial charge in [-0.25, -0.2) is 0 Å². The first-order chi connectivity index (χ1) is 30.6. The highest BCUT2D eigenvalue weighted by molar-refractivity contribution is 7.25. The number of benzene rings is 10.